The molecule has 16 heavy (non-hydrogen) atoms. The molecular formula is C10H11ClO4S. The van der Waals surface area contributed by atoms with Gasteiger partial charge < -0.3 is 4.74 Å². The van der Waals surface area contributed by atoms with E-state index in [-0.39, 0.29) is 15.5 Å². The number of hydrogen-bond acceptors (Lipinski definition) is 4. The highest BCUT2D eigenvalue weighted by atomic mass is 35.5. The first-order valence-electron chi connectivity index (χ1n) is 4.36. The second-order valence-corrected chi connectivity index (χ2v) is 5.70. The van der Waals surface area contributed by atoms with E-state index < -0.39 is 15.8 Å². The zero-order valence-corrected chi connectivity index (χ0v) is 10.6. The second kappa shape index (κ2) is 4.43. The Morgan fingerprint density at radius 2 is 1.94 bits per heavy atom. The highest BCUT2D eigenvalue weighted by molar-refractivity contribution is 7.90. The Bertz CT molecular complexity index is 534. The van der Waals surface area contributed by atoms with E-state index >= 15 is 0 Å². The van der Waals surface area contributed by atoms with Crippen molar-refractivity contribution < 1.29 is 17.9 Å². The molecule has 88 valence electrons. The number of esters is 1. The van der Waals surface area contributed by atoms with Crippen LogP contribution in [0.5, 0.6) is 0 Å². The van der Waals surface area contributed by atoms with Gasteiger partial charge in [-0.05, 0) is 18.6 Å². The molecule has 0 aliphatic carbocycles. The van der Waals surface area contributed by atoms with Crippen LogP contribution in [0.15, 0.2) is 17.0 Å². The quantitative estimate of drug-likeness (QED) is 0.763. The predicted molar refractivity (Wildman–Crippen MR) is 60.6 cm³/mol. The van der Waals surface area contributed by atoms with E-state index in [9.17, 15) is 13.2 Å². The molecular weight excluding hydrogens is 252 g/mol. The topological polar surface area (TPSA) is 60.4 Å². The molecule has 0 fully saturated rings. The van der Waals surface area contributed by atoms with Crippen LogP contribution >= 0.6 is 11.6 Å². The number of aryl methyl sites for hydroxylation is 1. The lowest BCUT2D eigenvalue weighted by molar-refractivity contribution is 0.0596. The number of ether oxygens (including phenoxy) is 1. The van der Waals surface area contributed by atoms with Gasteiger partial charge in [0, 0.05) is 6.26 Å². The summed E-state index contributed by atoms with van der Waals surface area (Å²) in [6.45, 7) is 1.68. The number of sulfone groups is 1. The average Bonchev–Trinajstić information content (AvgIpc) is 2.19. The Kier molecular flexibility index (Phi) is 3.60. The molecule has 1 aromatic rings. The van der Waals surface area contributed by atoms with Crippen molar-refractivity contribution in [1.29, 1.82) is 0 Å². The summed E-state index contributed by atoms with van der Waals surface area (Å²) in [7, 11) is -2.34. The molecule has 1 rings (SSSR count). The second-order valence-electron chi connectivity index (χ2n) is 3.33. The summed E-state index contributed by atoms with van der Waals surface area (Å²) in [5, 5.41) is 0.106. The third kappa shape index (κ3) is 2.36. The molecule has 0 atom stereocenters. The number of methoxy groups -OCH3 is 1. The summed E-state index contributed by atoms with van der Waals surface area (Å²) in [6, 6.07) is 2.90. The maximum Gasteiger partial charge on any atom is 0.340 e. The Hall–Kier alpha value is -1.07. The number of halogens is 1. The molecule has 0 aliphatic rings. The van der Waals surface area contributed by atoms with Crippen LogP contribution in [0.2, 0.25) is 5.02 Å². The van der Waals surface area contributed by atoms with Crippen molar-refractivity contribution in [3.63, 3.8) is 0 Å². The number of carbonyl (C=O) groups is 1. The molecule has 1 aromatic carbocycles. The van der Waals surface area contributed by atoms with Gasteiger partial charge in [0.25, 0.3) is 0 Å². The minimum Gasteiger partial charge on any atom is -0.465 e. The summed E-state index contributed by atoms with van der Waals surface area (Å²) in [4.78, 5) is 11.4. The summed E-state index contributed by atoms with van der Waals surface area (Å²) < 4.78 is 27.5. The van der Waals surface area contributed by atoms with Crippen LogP contribution in [0.1, 0.15) is 15.9 Å². The van der Waals surface area contributed by atoms with Crippen molar-refractivity contribution in [3.05, 3.63) is 28.3 Å². The van der Waals surface area contributed by atoms with Gasteiger partial charge in [0.2, 0.25) is 0 Å². The van der Waals surface area contributed by atoms with E-state index in [1.807, 2.05) is 0 Å². The Labute approximate surface area is 99.1 Å². The van der Waals surface area contributed by atoms with Gasteiger partial charge in [-0.25, -0.2) is 13.2 Å². The van der Waals surface area contributed by atoms with Crippen molar-refractivity contribution in [1.82, 2.24) is 0 Å². The van der Waals surface area contributed by atoms with Gasteiger partial charge in [0.15, 0.2) is 9.84 Å². The first kappa shape index (κ1) is 13.0. The molecule has 4 nitrogen and oxygen atoms in total. The molecule has 0 unspecified atom stereocenters. The number of hydrogen-bond donors (Lipinski definition) is 0. The van der Waals surface area contributed by atoms with Gasteiger partial charge in [-0.15, -0.1) is 0 Å². The molecule has 0 aromatic heterocycles. The van der Waals surface area contributed by atoms with Crippen molar-refractivity contribution >= 4 is 27.4 Å². The Morgan fingerprint density at radius 3 is 2.38 bits per heavy atom. The SMILES string of the molecule is COC(=O)c1c(S(C)(=O)=O)ccc(C)c1Cl. The molecule has 0 radical (unpaired) electrons. The lowest BCUT2D eigenvalue weighted by Gasteiger charge is -2.09. The van der Waals surface area contributed by atoms with Gasteiger partial charge >= 0.3 is 5.97 Å². The molecule has 0 bridgehead atoms. The number of rotatable bonds is 2. The molecule has 0 spiro atoms. The van der Waals surface area contributed by atoms with Crippen LogP contribution in [0, 0.1) is 6.92 Å². The molecule has 0 aliphatic heterocycles. The molecule has 0 N–H and O–H groups in total. The zero-order valence-electron chi connectivity index (χ0n) is 9.07. The first-order valence-corrected chi connectivity index (χ1v) is 6.63. The fraction of sp³-hybridized carbons (Fsp3) is 0.300. The summed E-state index contributed by atoms with van der Waals surface area (Å²) in [5.74, 6) is -0.755. The maximum absolute atomic E-state index is 11.5. The first-order chi connectivity index (χ1) is 7.29. The third-order valence-corrected chi connectivity index (χ3v) is 3.71. The van der Waals surface area contributed by atoms with Crippen molar-refractivity contribution in [2.45, 2.75) is 11.8 Å². The van der Waals surface area contributed by atoms with Crippen molar-refractivity contribution in [2.75, 3.05) is 13.4 Å². The lowest BCUT2D eigenvalue weighted by Crippen LogP contribution is -2.11. The molecule has 0 saturated heterocycles. The summed E-state index contributed by atoms with van der Waals surface area (Å²) in [5.41, 5.74) is 0.515. The van der Waals surface area contributed by atoms with Crippen LogP contribution < -0.4 is 0 Å². The highest BCUT2D eigenvalue weighted by Gasteiger charge is 2.23. The Morgan fingerprint density at radius 1 is 1.38 bits per heavy atom. The van der Waals surface area contributed by atoms with E-state index in [1.165, 1.54) is 13.2 Å². The lowest BCUT2D eigenvalue weighted by atomic mass is 10.1. The summed E-state index contributed by atoms with van der Waals surface area (Å²) >= 11 is 5.91. The van der Waals surface area contributed by atoms with Crippen LogP contribution in [0.25, 0.3) is 0 Å². The van der Waals surface area contributed by atoms with Crippen LogP contribution in [-0.2, 0) is 14.6 Å². The minimum atomic E-state index is -3.51. The number of carbonyl (C=O) groups excluding carboxylic acids is 1. The standard InChI is InChI=1S/C10H11ClO4S/c1-6-4-5-7(16(3,13)14)8(9(6)11)10(12)15-2/h4-5H,1-3H3. The van der Waals surface area contributed by atoms with E-state index in [0.29, 0.717) is 5.56 Å². The van der Waals surface area contributed by atoms with Crippen LogP contribution in [0.3, 0.4) is 0 Å². The van der Waals surface area contributed by atoms with E-state index in [4.69, 9.17) is 11.6 Å². The molecule has 0 heterocycles. The fourth-order valence-electron chi connectivity index (χ4n) is 1.26. The number of benzene rings is 1. The van der Waals surface area contributed by atoms with Gasteiger partial charge in [0.1, 0.15) is 0 Å². The van der Waals surface area contributed by atoms with Crippen molar-refractivity contribution in [3.8, 4) is 0 Å². The van der Waals surface area contributed by atoms with E-state index in [0.717, 1.165) is 6.26 Å². The zero-order chi connectivity index (χ0) is 12.5. The van der Waals surface area contributed by atoms with Crippen molar-refractivity contribution in [2.24, 2.45) is 0 Å². The fourth-order valence-corrected chi connectivity index (χ4v) is 2.43. The monoisotopic (exact) mass is 262 g/mol. The molecule has 0 saturated carbocycles. The predicted octanol–water partition coefficient (Wildman–Crippen LogP) is 1.84. The van der Waals surface area contributed by atoms with Gasteiger partial charge in [-0.2, -0.15) is 0 Å². The van der Waals surface area contributed by atoms with Crippen LogP contribution in [-0.4, -0.2) is 27.8 Å². The van der Waals surface area contributed by atoms with Gasteiger partial charge in [-0.1, -0.05) is 17.7 Å². The van der Waals surface area contributed by atoms with Crippen LogP contribution in [0.4, 0.5) is 0 Å². The highest BCUT2D eigenvalue weighted by Crippen LogP contribution is 2.27. The molecule has 0 amide bonds. The van der Waals surface area contributed by atoms with E-state index in [2.05, 4.69) is 4.74 Å². The largest absolute Gasteiger partial charge is 0.465 e. The Balaban J connectivity index is 3.65. The third-order valence-electron chi connectivity index (χ3n) is 2.09. The average molecular weight is 263 g/mol. The molecule has 6 heteroatoms. The maximum atomic E-state index is 11.5. The van der Waals surface area contributed by atoms with Gasteiger partial charge in [-0.3, -0.25) is 0 Å². The summed E-state index contributed by atoms with van der Waals surface area (Å²) in [6.07, 6.45) is 1.01. The van der Waals surface area contributed by atoms with E-state index in [1.54, 1.807) is 13.0 Å². The minimum absolute atomic E-state index is 0.105. The normalized spacial score (nSPS) is 11.2. The smallest absolute Gasteiger partial charge is 0.340 e. The van der Waals surface area contributed by atoms with Gasteiger partial charge in [0.05, 0.1) is 22.6 Å².